The SMILES string of the molecule is O=C(Nc1ccccn1)N1CC=C(c2ccccc2)CC1. The van der Waals surface area contributed by atoms with Crippen molar-refractivity contribution >= 4 is 17.4 Å². The Kier molecular flexibility index (Phi) is 3.96. The maximum Gasteiger partial charge on any atom is 0.323 e. The van der Waals surface area contributed by atoms with Crippen LogP contribution in [-0.4, -0.2) is 29.0 Å². The van der Waals surface area contributed by atoms with Crippen molar-refractivity contribution in [2.75, 3.05) is 18.4 Å². The molecule has 1 aliphatic heterocycles. The average Bonchev–Trinajstić information content (AvgIpc) is 2.57. The zero-order valence-electron chi connectivity index (χ0n) is 11.7. The highest BCUT2D eigenvalue weighted by atomic mass is 16.2. The molecule has 0 unspecified atom stereocenters. The molecule has 21 heavy (non-hydrogen) atoms. The van der Waals surface area contributed by atoms with Gasteiger partial charge in [-0.3, -0.25) is 5.32 Å². The minimum Gasteiger partial charge on any atom is -0.320 e. The summed E-state index contributed by atoms with van der Waals surface area (Å²) in [5, 5.41) is 2.81. The Balaban J connectivity index is 1.63. The van der Waals surface area contributed by atoms with E-state index in [-0.39, 0.29) is 6.03 Å². The van der Waals surface area contributed by atoms with E-state index in [1.54, 1.807) is 17.2 Å². The molecule has 4 nitrogen and oxygen atoms in total. The smallest absolute Gasteiger partial charge is 0.320 e. The van der Waals surface area contributed by atoms with Crippen LogP contribution in [0.1, 0.15) is 12.0 Å². The summed E-state index contributed by atoms with van der Waals surface area (Å²) < 4.78 is 0. The fraction of sp³-hybridized carbons (Fsp3) is 0.176. The maximum absolute atomic E-state index is 12.2. The molecule has 1 aromatic carbocycles. The van der Waals surface area contributed by atoms with Gasteiger partial charge in [0.25, 0.3) is 0 Å². The first-order valence-corrected chi connectivity index (χ1v) is 7.04. The van der Waals surface area contributed by atoms with Crippen molar-refractivity contribution in [3.8, 4) is 0 Å². The number of benzene rings is 1. The number of anilines is 1. The third-order valence-electron chi connectivity index (χ3n) is 3.54. The summed E-state index contributed by atoms with van der Waals surface area (Å²) in [4.78, 5) is 18.1. The summed E-state index contributed by atoms with van der Waals surface area (Å²) in [6.07, 6.45) is 4.66. The minimum absolute atomic E-state index is 0.0999. The monoisotopic (exact) mass is 279 g/mol. The van der Waals surface area contributed by atoms with Gasteiger partial charge in [-0.2, -0.15) is 0 Å². The predicted molar refractivity (Wildman–Crippen MR) is 83.9 cm³/mol. The van der Waals surface area contributed by atoms with E-state index < -0.39 is 0 Å². The molecule has 0 atom stereocenters. The van der Waals surface area contributed by atoms with Gasteiger partial charge < -0.3 is 4.90 Å². The number of hydrogen-bond donors (Lipinski definition) is 1. The van der Waals surface area contributed by atoms with Gasteiger partial charge in [0.05, 0.1) is 0 Å². The van der Waals surface area contributed by atoms with Crippen LogP contribution in [0.15, 0.2) is 60.8 Å². The van der Waals surface area contributed by atoms with Crippen LogP contribution in [0.3, 0.4) is 0 Å². The van der Waals surface area contributed by atoms with Gasteiger partial charge in [0.2, 0.25) is 0 Å². The van der Waals surface area contributed by atoms with Crippen molar-refractivity contribution in [1.29, 1.82) is 0 Å². The molecule has 2 heterocycles. The normalized spacial score (nSPS) is 14.5. The van der Waals surface area contributed by atoms with Crippen molar-refractivity contribution in [3.05, 3.63) is 66.4 Å². The van der Waals surface area contributed by atoms with Crippen LogP contribution in [0.25, 0.3) is 5.57 Å². The third-order valence-corrected chi connectivity index (χ3v) is 3.54. The highest BCUT2D eigenvalue weighted by molar-refractivity contribution is 5.89. The molecule has 0 saturated carbocycles. The van der Waals surface area contributed by atoms with Gasteiger partial charge in [-0.05, 0) is 29.7 Å². The molecule has 1 N–H and O–H groups in total. The highest BCUT2D eigenvalue weighted by Gasteiger charge is 2.17. The maximum atomic E-state index is 12.2. The van der Waals surface area contributed by atoms with E-state index >= 15 is 0 Å². The summed E-state index contributed by atoms with van der Waals surface area (Å²) in [7, 11) is 0. The third kappa shape index (κ3) is 3.28. The van der Waals surface area contributed by atoms with Gasteiger partial charge in [-0.15, -0.1) is 0 Å². The van der Waals surface area contributed by atoms with Crippen LogP contribution in [-0.2, 0) is 0 Å². The van der Waals surface area contributed by atoms with Gasteiger partial charge in [0.1, 0.15) is 5.82 Å². The molecule has 0 radical (unpaired) electrons. The molecule has 0 aliphatic carbocycles. The molecule has 1 aliphatic rings. The topological polar surface area (TPSA) is 45.2 Å². The van der Waals surface area contributed by atoms with Crippen LogP contribution < -0.4 is 5.32 Å². The lowest BCUT2D eigenvalue weighted by atomic mass is 10.00. The largest absolute Gasteiger partial charge is 0.323 e. The van der Waals surface area contributed by atoms with E-state index in [1.165, 1.54) is 11.1 Å². The lowest BCUT2D eigenvalue weighted by Gasteiger charge is -2.26. The van der Waals surface area contributed by atoms with Crippen molar-refractivity contribution in [2.24, 2.45) is 0 Å². The van der Waals surface area contributed by atoms with E-state index in [0.29, 0.717) is 12.4 Å². The molecule has 2 amide bonds. The fourth-order valence-corrected chi connectivity index (χ4v) is 2.39. The lowest BCUT2D eigenvalue weighted by molar-refractivity contribution is 0.217. The molecular weight excluding hydrogens is 262 g/mol. The van der Waals surface area contributed by atoms with Gasteiger partial charge in [-0.25, -0.2) is 9.78 Å². The summed E-state index contributed by atoms with van der Waals surface area (Å²) in [5.74, 6) is 0.584. The van der Waals surface area contributed by atoms with Crippen LogP contribution in [0, 0.1) is 0 Å². The van der Waals surface area contributed by atoms with Gasteiger partial charge in [-0.1, -0.05) is 42.5 Å². The molecule has 1 aromatic heterocycles. The summed E-state index contributed by atoms with van der Waals surface area (Å²) in [6, 6.07) is 15.7. The number of rotatable bonds is 2. The molecule has 3 rings (SSSR count). The number of amides is 2. The first kappa shape index (κ1) is 13.4. The minimum atomic E-state index is -0.0999. The zero-order valence-corrected chi connectivity index (χ0v) is 11.7. The number of carbonyl (C=O) groups is 1. The average molecular weight is 279 g/mol. The lowest BCUT2D eigenvalue weighted by Crippen LogP contribution is -2.38. The van der Waals surface area contributed by atoms with Gasteiger partial charge in [0, 0.05) is 19.3 Å². The van der Waals surface area contributed by atoms with Crippen molar-refractivity contribution < 1.29 is 4.79 Å². The van der Waals surface area contributed by atoms with Crippen LogP contribution in [0.5, 0.6) is 0 Å². The number of hydrogen-bond acceptors (Lipinski definition) is 2. The van der Waals surface area contributed by atoms with E-state index in [0.717, 1.165) is 13.0 Å². The molecule has 4 heteroatoms. The Morgan fingerprint density at radius 2 is 1.90 bits per heavy atom. The Morgan fingerprint density at radius 1 is 1.10 bits per heavy atom. The second-order valence-electron chi connectivity index (χ2n) is 4.94. The number of aromatic nitrogens is 1. The first-order valence-electron chi connectivity index (χ1n) is 7.04. The number of nitrogens with zero attached hydrogens (tertiary/aromatic N) is 2. The molecule has 0 spiro atoms. The zero-order chi connectivity index (χ0) is 14.5. The number of carbonyl (C=O) groups excluding carboxylic acids is 1. The van der Waals surface area contributed by atoms with Crippen molar-refractivity contribution in [3.63, 3.8) is 0 Å². The summed E-state index contributed by atoms with van der Waals surface area (Å²) in [5.41, 5.74) is 2.54. The predicted octanol–water partition coefficient (Wildman–Crippen LogP) is 3.40. The van der Waals surface area contributed by atoms with Crippen LogP contribution in [0.4, 0.5) is 10.6 Å². The molecule has 106 valence electrons. The van der Waals surface area contributed by atoms with Crippen molar-refractivity contribution in [2.45, 2.75) is 6.42 Å². The van der Waals surface area contributed by atoms with Gasteiger partial charge in [0.15, 0.2) is 0 Å². The molecule has 0 bridgehead atoms. The molecule has 0 fully saturated rings. The fourth-order valence-electron chi connectivity index (χ4n) is 2.39. The summed E-state index contributed by atoms with van der Waals surface area (Å²) >= 11 is 0. The van der Waals surface area contributed by atoms with E-state index in [4.69, 9.17) is 0 Å². The Bertz CT molecular complexity index is 638. The summed E-state index contributed by atoms with van der Waals surface area (Å²) in [6.45, 7) is 1.35. The van der Waals surface area contributed by atoms with Crippen molar-refractivity contribution in [1.82, 2.24) is 9.88 Å². The Morgan fingerprint density at radius 3 is 2.57 bits per heavy atom. The highest BCUT2D eigenvalue weighted by Crippen LogP contribution is 2.22. The number of nitrogens with one attached hydrogen (secondary N) is 1. The first-order chi connectivity index (χ1) is 10.3. The van der Waals surface area contributed by atoms with E-state index in [1.807, 2.05) is 30.3 Å². The van der Waals surface area contributed by atoms with E-state index in [2.05, 4.69) is 28.5 Å². The van der Waals surface area contributed by atoms with E-state index in [9.17, 15) is 4.79 Å². The Labute approximate surface area is 124 Å². The number of pyridine rings is 1. The molecule has 2 aromatic rings. The van der Waals surface area contributed by atoms with Crippen LogP contribution in [0.2, 0.25) is 0 Å². The quantitative estimate of drug-likeness (QED) is 0.915. The molecule has 0 saturated heterocycles. The molecular formula is C17H17N3O. The number of urea groups is 1. The van der Waals surface area contributed by atoms with Gasteiger partial charge >= 0.3 is 6.03 Å². The Hall–Kier alpha value is -2.62. The second kappa shape index (κ2) is 6.22. The van der Waals surface area contributed by atoms with Crippen LogP contribution >= 0.6 is 0 Å². The second-order valence-corrected chi connectivity index (χ2v) is 4.94. The standard InChI is InChI=1S/C17H17N3O/c21-17(19-16-8-4-5-11-18-16)20-12-9-15(10-13-20)14-6-2-1-3-7-14/h1-9,11H,10,12-13H2,(H,18,19,21).